The number of rotatable bonds is 2. The lowest BCUT2D eigenvalue weighted by Crippen LogP contribution is -2.00. The van der Waals surface area contributed by atoms with E-state index in [-0.39, 0.29) is 17.5 Å². The van der Waals surface area contributed by atoms with Gasteiger partial charge in [-0.1, -0.05) is 18.2 Å². The Labute approximate surface area is 85.2 Å². The Kier molecular flexibility index (Phi) is 2.13. The average molecular weight is 204 g/mol. The maximum atomic E-state index is 10.7. The Morgan fingerprint density at radius 1 is 1.33 bits per heavy atom. The van der Waals surface area contributed by atoms with Crippen LogP contribution in [0.25, 0.3) is 11.5 Å². The number of aromatic nitrogens is 1. The molecule has 0 spiro atoms. The Morgan fingerprint density at radius 2 is 2.00 bits per heavy atom. The van der Waals surface area contributed by atoms with Crippen LogP contribution >= 0.6 is 0 Å². The number of hydrogen-bond donors (Lipinski definition) is 2. The zero-order chi connectivity index (χ0) is 10.8. The van der Waals surface area contributed by atoms with Crippen LogP contribution in [0.3, 0.4) is 0 Å². The van der Waals surface area contributed by atoms with Gasteiger partial charge in [0.05, 0.1) is 0 Å². The molecule has 0 aliphatic heterocycles. The molecule has 2 rings (SSSR count). The molecule has 0 amide bonds. The minimum absolute atomic E-state index is 0.179. The predicted molar refractivity (Wildman–Crippen MR) is 53.3 cm³/mol. The summed E-state index contributed by atoms with van der Waals surface area (Å²) in [6.07, 6.45) is 0. The number of nitrogens with two attached hydrogens (primary N) is 1. The summed E-state index contributed by atoms with van der Waals surface area (Å²) in [5.74, 6) is -1.16. The van der Waals surface area contributed by atoms with Gasteiger partial charge in [0.15, 0.2) is 0 Å². The topological polar surface area (TPSA) is 89.4 Å². The van der Waals surface area contributed by atoms with Crippen LogP contribution in [0.5, 0.6) is 0 Å². The van der Waals surface area contributed by atoms with Gasteiger partial charge in [0.1, 0.15) is 0 Å². The summed E-state index contributed by atoms with van der Waals surface area (Å²) >= 11 is 0. The van der Waals surface area contributed by atoms with E-state index < -0.39 is 5.97 Å². The number of carboxylic acid groups (broad SMARTS) is 1. The zero-order valence-corrected chi connectivity index (χ0v) is 7.68. The van der Waals surface area contributed by atoms with Crippen LogP contribution in [0, 0.1) is 0 Å². The summed E-state index contributed by atoms with van der Waals surface area (Å²) in [4.78, 5) is 14.5. The number of carboxylic acids is 1. The Morgan fingerprint density at radius 3 is 2.53 bits per heavy atom. The fourth-order valence-electron chi connectivity index (χ4n) is 1.19. The van der Waals surface area contributed by atoms with Crippen molar-refractivity contribution in [3.8, 4) is 11.5 Å². The zero-order valence-electron chi connectivity index (χ0n) is 7.68. The van der Waals surface area contributed by atoms with Gasteiger partial charge in [0.25, 0.3) is 0 Å². The highest BCUT2D eigenvalue weighted by Crippen LogP contribution is 2.22. The SMILES string of the molecule is Nc1oc(-c2ccccc2)nc1C(=O)O. The smallest absolute Gasteiger partial charge is 0.360 e. The van der Waals surface area contributed by atoms with E-state index in [0.717, 1.165) is 0 Å². The summed E-state index contributed by atoms with van der Waals surface area (Å²) in [6, 6.07) is 8.97. The number of hydrogen-bond acceptors (Lipinski definition) is 4. The van der Waals surface area contributed by atoms with E-state index in [0.29, 0.717) is 5.56 Å². The third-order valence-corrected chi connectivity index (χ3v) is 1.88. The minimum Gasteiger partial charge on any atom is -0.476 e. The van der Waals surface area contributed by atoms with Crippen molar-refractivity contribution in [1.29, 1.82) is 0 Å². The highest BCUT2D eigenvalue weighted by atomic mass is 16.4. The van der Waals surface area contributed by atoms with Crippen molar-refractivity contribution in [2.45, 2.75) is 0 Å². The van der Waals surface area contributed by atoms with Gasteiger partial charge in [-0.2, -0.15) is 4.98 Å². The molecule has 2 aromatic rings. The molecule has 5 nitrogen and oxygen atoms in total. The molecule has 1 aromatic heterocycles. The number of aromatic carboxylic acids is 1. The van der Waals surface area contributed by atoms with Gasteiger partial charge in [-0.15, -0.1) is 0 Å². The fourth-order valence-corrected chi connectivity index (χ4v) is 1.19. The van der Waals surface area contributed by atoms with Crippen LogP contribution in [0.1, 0.15) is 10.5 Å². The summed E-state index contributed by atoms with van der Waals surface area (Å²) in [7, 11) is 0. The molecule has 0 fully saturated rings. The highest BCUT2D eigenvalue weighted by Gasteiger charge is 2.17. The molecule has 0 atom stereocenters. The fraction of sp³-hybridized carbons (Fsp3) is 0. The van der Waals surface area contributed by atoms with Crippen molar-refractivity contribution < 1.29 is 14.3 Å². The number of oxazole rings is 1. The molecule has 76 valence electrons. The molecule has 0 radical (unpaired) electrons. The second-order valence-corrected chi connectivity index (χ2v) is 2.90. The summed E-state index contributed by atoms with van der Waals surface area (Å²) in [5, 5.41) is 8.72. The van der Waals surface area contributed by atoms with Gasteiger partial charge >= 0.3 is 5.97 Å². The molecular weight excluding hydrogens is 196 g/mol. The van der Waals surface area contributed by atoms with Crippen molar-refractivity contribution in [3.63, 3.8) is 0 Å². The predicted octanol–water partition coefficient (Wildman–Crippen LogP) is 1.62. The molecule has 0 aliphatic rings. The second kappa shape index (κ2) is 3.45. The van der Waals surface area contributed by atoms with Crippen molar-refractivity contribution >= 4 is 11.9 Å². The second-order valence-electron chi connectivity index (χ2n) is 2.90. The molecule has 0 unspecified atom stereocenters. The first kappa shape index (κ1) is 9.26. The standard InChI is InChI=1S/C10H8N2O3/c11-8-7(10(13)14)12-9(15-8)6-4-2-1-3-5-6/h1-5H,11H2,(H,13,14). The maximum Gasteiger partial charge on any atom is 0.360 e. The van der Waals surface area contributed by atoms with Crippen LogP contribution in [0.4, 0.5) is 5.88 Å². The first-order valence-electron chi connectivity index (χ1n) is 4.23. The number of nitrogen functional groups attached to an aromatic ring is 1. The lowest BCUT2D eigenvalue weighted by Gasteiger charge is -1.91. The van der Waals surface area contributed by atoms with Crippen LogP contribution in [0.2, 0.25) is 0 Å². The highest BCUT2D eigenvalue weighted by molar-refractivity contribution is 5.90. The van der Waals surface area contributed by atoms with Crippen LogP contribution in [0.15, 0.2) is 34.7 Å². The first-order chi connectivity index (χ1) is 7.18. The first-order valence-corrected chi connectivity index (χ1v) is 4.23. The van der Waals surface area contributed by atoms with Gasteiger partial charge in [0, 0.05) is 5.56 Å². The van der Waals surface area contributed by atoms with Crippen molar-refractivity contribution in [2.75, 3.05) is 5.73 Å². The number of nitrogens with zero attached hydrogens (tertiary/aromatic N) is 1. The molecule has 5 heteroatoms. The molecule has 0 bridgehead atoms. The van der Waals surface area contributed by atoms with E-state index in [9.17, 15) is 4.79 Å². The third-order valence-electron chi connectivity index (χ3n) is 1.88. The van der Waals surface area contributed by atoms with E-state index >= 15 is 0 Å². The Hall–Kier alpha value is -2.30. The Bertz CT molecular complexity index is 491. The van der Waals surface area contributed by atoms with Gasteiger partial charge < -0.3 is 15.3 Å². The van der Waals surface area contributed by atoms with Crippen LogP contribution < -0.4 is 5.73 Å². The summed E-state index contributed by atoms with van der Waals surface area (Å²) < 4.78 is 5.05. The molecule has 1 heterocycles. The maximum absolute atomic E-state index is 10.7. The molecule has 15 heavy (non-hydrogen) atoms. The number of carbonyl (C=O) groups is 1. The summed E-state index contributed by atoms with van der Waals surface area (Å²) in [5.41, 5.74) is 5.81. The molecule has 3 N–H and O–H groups in total. The third kappa shape index (κ3) is 1.67. The summed E-state index contributed by atoms with van der Waals surface area (Å²) in [6.45, 7) is 0. The monoisotopic (exact) mass is 204 g/mol. The van der Waals surface area contributed by atoms with Crippen molar-refractivity contribution in [2.24, 2.45) is 0 Å². The van der Waals surface area contributed by atoms with Gasteiger partial charge in [-0.25, -0.2) is 4.79 Å². The normalized spacial score (nSPS) is 10.1. The quantitative estimate of drug-likeness (QED) is 0.775. The lowest BCUT2D eigenvalue weighted by molar-refractivity contribution is 0.0692. The van der Waals surface area contributed by atoms with Gasteiger partial charge in [-0.3, -0.25) is 0 Å². The van der Waals surface area contributed by atoms with E-state index in [1.165, 1.54) is 0 Å². The van der Waals surface area contributed by atoms with E-state index in [2.05, 4.69) is 4.98 Å². The molecule has 0 saturated heterocycles. The molecule has 1 aromatic carbocycles. The molecular formula is C10H8N2O3. The Balaban J connectivity index is 2.48. The van der Waals surface area contributed by atoms with Crippen LogP contribution in [-0.2, 0) is 0 Å². The van der Waals surface area contributed by atoms with E-state index in [4.69, 9.17) is 15.3 Å². The van der Waals surface area contributed by atoms with Crippen molar-refractivity contribution in [1.82, 2.24) is 4.98 Å². The van der Waals surface area contributed by atoms with Crippen LogP contribution in [-0.4, -0.2) is 16.1 Å². The number of benzene rings is 1. The largest absolute Gasteiger partial charge is 0.476 e. The van der Waals surface area contributed by atoms with E-state index in [1.807, 2.05) is 6.07 Å². The molecule has 0 saturated carbocycles. The van der Waals surface area contributed by atoms with Gasteiger partial charge in [0.2, 0.25) is 17.5 Å². The lowest BCUT2D eigenvalue weighted by atomic mass is 10.2. The molecule has 0 aliphatic carbocycles. The van der Waals surface area contributed by atoms with E-state index in [1.54, 1.807) is 24.3 Å². The minimum atomic E-state index is -1.20. The average Bonchev–Trinajstić information content (AvgIpc) is 2.62. The van der Waals surface area contributed by atoms with Gasteiger partial charge in [-0.05, 0) is 12.1 Å². The van der Waals surface area contributed by atoms with Crippen molar-refractivity contribution in [3.05, 3.63) is 36.0 Å². The number of anilines is 1.